The zero-order valence-corrected chi connectivity index (χ0v) is 13.6. The Labute approximate surface area is 145 Å². The molecule has 25 heavy (non-hydrogen) atoms. The van der Waals surface area contributed by atoms with Gasteiger partial charge in [0.25, 0.3) is 0 Å². The van der Waals surface area contributed by atoms with E-state index in [0.29, 0.717) is 6.41 Å². The summed E-state index contributed by atoms with van der Waals surface area (Å²) in [6.45, 7) is -0.474. The SMILES string of the molecule is O=CNc1nc(/C(=N\OCC(=O)OCc2ccccc2)C(=O)O)cs1. The van der Waals surface area contributed by atoms with E-state index in [9.17, 15) is 14.4 Å². The molecule has 0 radical (unpaired) electrons. The number of hydrogen-bond acceptors (Lipinski definition) is 8. The van der Waals surface area contributed by atoms with Crippen LogP contribution in [-0.4, -0.2) is 40.8 Å². The number of carboxylic acid groups (broad SMARTS) is 1. The van der Waals surface area contributed by atoms with Crippen molar-refractivity contribution < 1.29 is 29.1 Å². The Bertz CT molecular complexity index is 775. The van der Waals surface area contributed by atoms with Crippen molar-refractivity contribution in [2.75, 3.05) is 11.9 Å². The molecule has 1 aromatic carbocycles. The van der Waals surface area contributed by atoms with Crippen molar-refractivity contribution in [1.29, 1.82) is 0 Å². The van der Waals surface area contributed by atoms with Crippen LogP contribution >= 0.6 is 11.3 Å². The topological polar surface area (TPSA) is 127 Å². The fraction of sp³-hybridized carbons (Fsp3) is 0.133. The van der Waals surface area contributed by atoms with E-state index in [-0.39, 0.29) is 17.4 Å². The second kappa shape index (κ2) is 9.13. The number of rotatable bonds is 9. The maximum absolute atomic E-state index is 11.6. The first-order valence-electron chi connectivity index (χ1n) is 6.89. The lowest BCUT2D eigenvalue weighted by Crippen LogP contribution is -2.17. The van der Waals surface area contributed by atoms with Crippen LogP contribution in [0.1, 0.15) is 11.3 Å². The molecule has 1 heterocycles. The van der Waals surface area contributed by atoms with Crippen molar-refractivity contribution in [2.24, 2.45) is 5.16 Å². The van der Waals surface area contributed by atoms with Gasteiger partial charge in [0.05, 0.1) is 0 Å². The number of amides is 1. The number of nitrogens with one attached hydrogen (secondary N) is 1. The minimum atomic E-state index is -1.39. The number of carbonyl (C=O) groups excluding carboxylic acids is 2. The Morgan fingerprint density at radius 1 is 1.32 bits per heavy atom. The molecule has 0 bridgehead atoms. The van der Waals surface area contributed by atoms with Crippen LogP contribution in [0.5, 0.6) is 0 Å². The lowest BCUT2D eigenvalue weighted by atomic mass is 10.2. The minimum absolute atomic E-state index is 0.000460. The summed E-state index contributed by atoms with van der Waals surface area (Å²) in [5, 5.41) is 16.4. The molecule has 0 aliphatic carbocycles. The van der Waals surface area contributed by atoms with Gasteiger partial charge < -0.3 is 20.0 Å². The van der Waals surface area contributed by atoms with Crippen LogP contribution in [0.15, 0.2) is 40.9 Å². The molecule has 0 saturated heterocycles. The van der Waals surface area contributed by atoms with Crippen LogP contribution in [0.3, 0.4) is 0 Å². The third-order valence-corrected chi connectivity index (χ3v) is 3.49. The summed E-state index contributed by atoms with van der Waals surface area (Å²) in [4.78, 5) is 41.7. The van der Waals surface area contributed by atoms with Gasteiger partial charge in [0.1, 0.15) is 12.3 Å². The van der Waals surface area contributed by atoms with Crippen LogP contribution in [0, 0.1) is 0 Å². The number of esters is 1. The van der Waals surface area contributed by atoms with Gasteiger partial charge in [-0.05, 0) is 5.56 Å². The number of aromatic nitrogens is 1. The molecule has 2 N–H and O–H groups in total. The van der Waals surface area contributed by atoms with Crippen molar-refractivity contribution in [3.63, 3.8) is 0 Å². The molecule has 2 rings (SSSR count). The Kier molecular flexibility index (Phi) is 6.60. The van der Waals surface area contributed by atoms with Crippen molar-refractivity contribution >= 4 is 40.5 Å². The number of hydrogen-bond donors (Lipinski definition) is 2. The molecule has 130 valence electrons. The van der Waals surface area contributed by atoms with E-state index in [1.165, 1.54) is 5.38 Å². The Balaban J connectivity index is 1.89. The Morgan fingerprint density at radius 2 is 2.08 bits per heavy atom. The summed E-state index contributed by atoms with van der Waals surface area (Å²) in [7, 11) is 0. The van der Waals surface area contributed by atoms with Crippen LogP contribution in [0.4, 0.5) is 5.13 Å². The molecule has 0 saturated carbocycles. The predicted molar refractivity (Wildman–Crippen MR) is 88.2 cm³/mol. The highest BCUT2D eigenvalue weighted by atomic mass is 32.1. The van der Waals surface area contributed by atoms with Gasteiger partial charge in [0, 0.05) is 5.38 Å². The molecule has 10 heteroatoms. The number of aliphatic carboxylic acids is 1. The van der Waals surface area contributed by atoms with Gasteiger partial charge in [0.15, 0.2) is 5.13 Å². The smallest absolute Gasteiger partial charge is 0.360 e. The lowest BCUT2D eigenvalue weighted by molar-refractivity contribution is -0.150. The summed E-state index contributed by atoms with van der Waals surface area (Å²) in [6, 6.07) is 9.05. The summed E-state index contributed by atoms with van der Waals surface area (Å²) < 4.78 is 4.97. The fourth-order valence-electron chi connectivity index (χ4n) is 1.62. The molecular weight excluding hydrogens is 350 g/mol. The van der Waals surface area contributed by atoms with E-state index in [2.05, 4.69) is 15.5 Å². The van der Waals surface area contributed by atoms with Crippen molar-refractivity contribution in [1.82, 2.24) is 4.98 Å². The van der Waals surface area contributed by atoms with E-state index in [4.69, 9.17) is 14.7 Å². The van der Waals surface area contributed by atoms with E-state index in [1.807, 2.05) is 18.2 Å². The highest BCUT2D eigenvalue weighted by Crippen LogP contribution is 2.15. The summed E-state index contributed by atoms with van der Waals surface area (Å²) in [5.74, 6) is -2.08. The molecule has 0 aliphatic heterocycles. The largest absolute Gasteiger partial charge is 0.476 e. The first kappa shape index (κ1) is 18.1. The Morgan fingerprint density at radius 3 is 2.76 bits per heavy atom. The van der Waals surface area contributed by atoms with Gasteiger partial charge in [-0.2, -0.15) is 0 Å². The Hall–Kier alpha value is -3.27. The molecule has 9 nitrogen and oxygen atoms in total. The van der Waals surface area contributed by atoms with Gasteiger partial charge in [-0.3, -0.25) is 4.79 Å². The third kappa shape index (κ3) is 5.70. The van der Waals surface area contributed by atoms with E-state index >= 15 is 0 Å². The first-order chi connectivity index (χ1) is 12.1. The molecule has 2 aromatic rings. The fourth-order valence-corrected chi connectivity index (χ4v) is 2.28. The molecular formula is C15H13N3O6S. The number of ether oxygens (including phenoxy) is 1. The number of nitrogens with zero attached hydrogens (tertiary/aromatic N) is 2. The molecule has 0 aliphatic rings. The number of thiazole rings is 1. The number of benzene rings is 1. The molecule has 0 fully saturated rings. The van der Waals surface area contributed by atoms with Crippen LogP contribution in [-0.2, 0) is 30.6 Å². The van der Waals surface area contributed by atoms with Crippen LogP contribution in [0.25, 0.3) is 0 Å². The second-order valence-electron chi connectivity index (χ2n) is 4.46. The van der Waals surface area contributed by atoms with E-state index in [1.54, 1.807) is 12.1 Å². The molecule has 0 unspecified atom stereocenters. The zero-order chi connectivity index (χ0) is 18.1. The van der Waals surface area contributed by atoms with Gasteiger partial charge in [-0.15, -0.1) is 11.3 Å². The second-order valence-corrected chi connectivity index (χ2v) is 5.32. The van der Waals surface area contributed by atoms with Gasteiger partial charge in [0.2, 0.25) is 18.7 Å². The molecule has 0 spiro atoms. The molecule has 0 atom stereocenters. The standard InChI is InChI=1S/C15H13N3O6S/c19-9-16-15-17-11(8-25-15)13(14(21)22)18-24-7-12(20)23-6-10-4-2-1-3-5-10/h1-5,8-9H,6-7H2,(H,21,22)(H,16,17,19)/b18-13+. The summed E-state index contributed by atoms with van der Waals surface area (Å²) >= 11 is 1.02. The number of anilines is 1. The van der Waals surface area contributed by atoms with Gasteiger partial charge in [-0.1, -0.05) is 35.5 Å². The summed E-state index contributed by atoms with van der Waals surface area (Å²) in [6.07, 6.45) is 0.416. The zero-order valence-electron chi connectivity index (χ0n) is 12.7. The van der Waals surface area contributed by atoms with Gasteiger partial charge in [-0.25, -0.2) is 14.6 Å². The monoisotopic (exact) mass is 363 g/mol. The lowest BCUT2D eigenvalue weighted by Gasteiger charge is -2.04. The summed E-state index contributed by atoms with van der Waals surface area (Å²) in [5.41, 5.74) is 0.314. The van der Waals surface area contributed by atoms with Crippen LogP contribution in [0.2, 0.25) is 0 Å². The quantitative estimate of drug-likeness (QED) is 0.297. The highest BCUT2D eigenvalue weighted by molar-refractivity contribution is 7.14. The number of carboxylic acids is 1. The first-order valence-corrected chi connectivity index (χ1v) is 7.77. The van der Waals surface area contributed by atoms with E-state index < -0.39 is 24.3 Å². The normalized spacial score (nSPS) is 10.8. The maximum atomic E-state index is 11.6. The molecule has 1 aromatic heterocycles. The average Bonchev–Trinajstić information content (AvgIpc) is 3.06. The number of oxime groups is 1. The van der Waals surface area contributed by atoms with Crippen LogP contribution < -0.4 is 5.32 Å². The maximum Gasteiger partial charge on any atom is 0.360 e. The third-order valence-electron chi connectivity index (χ3n) is 2.71. The number of carbonyl (C=O) groups is 3. The van der Waals surface area contributed by atoms with E-state index in [0.717, 1.165) is 16.9 Å². The average molecular weight is 363 g/mol. The van der Waals surface area contributed by atoms with Crippen molar-refractivity contribution in [3.05, 3.63) is 47.0 Å². The highest BCUT2D eigenvalue weighted by Gasteiger charge is 2.18. The van der Waals surface area contributed by atoms with Gasteiger partial charge >= 0.3 is 11.9 Å². The van der Waals surface area contributed by atoms with Crippen molar-refractivity contribution in [3.8, 4) is 0 Å². The van der Waals surface area contributed by atoms with Crippen molar-refractivity contribution in [2.45, 2.75) is 6.61 Å². The minimum Gasteiger partial charge on any atom is -0.476 e. The predicted octanol–water partition coefficient (Wildman–Crippen LogP) is 1.26. The molecule has 1 amide bonds.